The van der Waals surface area contributed by atoms with Crippen LogP contribution in [0.15, 0.2) is 12.1 Å². The van der Waals surface area contributed by atoms with E-state index in [4.69, 9.17) is 23.1 Å². The molecule has 1 aliphatic rings. The zero-order valence-electron chi connectivity index (χ0n) is 10.2. The third kappa shape index (κ3) is 3.08. The summed E-state index contributed by atoms with van der Waals surface area (Å²) in [6.07, 6.45) is 1.11. The lowest BCUT2D eigenvalue weighted by molar-refractivity contribution is -0.122. The molecule has 1 aliphatic heterocycles. The van der Waals surface area contributed by atoms with Gasteiger partial charge in [0.15, 0.2) is 0 Å². The van der Waals surface area contributed by atoms with Crippen LogP contribution in [-0.4, -0.2) is 24.4 Å². The summed E-state index contributed by atoms with van der Waals surface area (Å²) in [4.78, 5) is 22.5. The molecule has 1 unspecified atom stereocenters. The van der Waals surface area contributed by atoms with Crippen LogP contribution in [0.2, 0.25) is 5.02 Å². The van der Waals surface area contributed by atoms with Gasteiger partial charge < -0.3 is 22.1 Å². The van der Waals surface area contributed by atoms with E-state index in [1.807, 2.05) is 0 Å². The van der Waals surface area contributed by atoms with E-state index in [1.54, 1.807) is 6.07 Å². The van der Waals surface area contributed by atoms with Crippen molar-refractivity contribution in [2.45, 2.75) is 18.9 Å². The second kappa shape index (κ2) is 5.36. The number of nitrogens with two attached hydrogens (primary N) is 2. The van der Waals surface area contributed by atoms with Gasteiger partial charge in [-0.15, -0.1) is 0 Å². The number of hydrogen-bond donors (Lipinski definition) is 4. The molecule has 0 aromatic heterocycles. The number of hydrogen-bond acceptors (Lipinski definition) is 4. The molecule has 1 heterocycles. The highest BCUT2D eigenvalue weighted by molar-refractivity contribution is 6.34. The van der Waals surface area contributed by atoms with E-state index < -0.39 is 5.91 Å². The maximum atomic E-state index is 11.4. The van der Waals surface area contributed by atoms with Gasteiger partial charge in [-0.05, 0) is 18.6 Å². The van der Waals surface area contributed by atoms with Gasteiger partial charge in [0.1, 0.15) is 0 Å². The largest absolute Gasteiger partial charge is 0.399 e. The Morgan fingerprint density at radius 3 is 2.79 bits per heavy atom. The third-order valence-corrected chi connectivity index (χ3v) is 3.29. The summed E-state index contributed by atoms with van der Waals surface area (Å²) in [5.74, 6) is -0.576. The quantitative estimate of drug-likeness (QED) is 0.612. The Bertz CT molecular complexity index is 523. The van der Waals surface area contributed by atoms with Crippen LogP contribution in [-0.2, 0) is 4.79 Å². The number of benzene rings is 1. The van der Waals surface area contributed by atoms with Gasteiger partial charge in [-0.2, -0.15) is 0 Å². The van der Waals surface area contributed by atoms with E-state index >= 15 is 0 Å². The van der Waals surface area contributed by atoms with Crippen LogP contribution in [0, 0.1) is 0 Å². The van der Waals surface area contributed by atoms with Crippen molar-refractivity contribution < 1.29 is 9.59 Å². The molecule has 2 rings (SSSR count). The lowest BCUT2D eigenvalue weighted by Crippen LogP contribution is -2.42. The van der Waals surface area contributed by atoms with E-state index in [0.717, 1.165) is 0 Å². The van der Waals surface area contributed by atoms with E-state index in [9.17, 15) is 9.59 Å². The van der Waals surface area contributed by atoms with Gasteiger partial charge in [0.05, 0.1) is 16.3 Å². The molecule has 7 heteroatoms. The first-order chi connectivity index (χ1) is 8.97. The number of halogens is 1. The molecule has 1 aromatic carbocycles. The first kappa shape index (κ1) is 13.5. The van der Waals surface area contributed by atoms with Crippen molar-refractivity contribution >= 4 is 34.8 Å². The highest BCUT2D eigenvalue weighted by atomic mass is 35.5. The monoisotopic (exact) mass is 282 g/mol. The maximum absolute atomic E-state index is 11.4. The Hall–Kier alpha value is -1.95. The van der Waals surface area contributed by atoms with Crippen LogP contribution in [0.3, 0.4) is 0 Å². The number of carbonyl (C=O) groups excluding carboxylic acids is 2. The van der Waals surface area contributed by atoms with Gasteiger partial charge in [0, 0.05) is 24.7 Å². The molecule has 19 heavy (non-hydrogen) atoms. The molecule has 102 valence electrons. The van der Waals surface area contributed by atoms with E-state index in [2.05, 4.69) is 10.6 Å². The topological polar surface area (TPSA) is 110 Å². The Labute approximate surface area is 115 Å². The minimum Gasteiger partial charge on any atom is -0.399 e. The average Bonchev–Trinajstić information content (AvgIpc) is 2.34. The van der Waals surface area contributed by atoms with Gasteiger partial charge >= 0.3 is 0 Å². The number of piperidine rings is 1. The van der Waals surface area contributed by atoms with Crippen molar-refractivity contribution in [3.63, 3.8) is 0 Å². The average molecular weight is 283 g/mol. The predicted octanol–water partition coefficient (Wildman–Crippen LogP) is 0.712. The highest BCUT2D eigenvalue weighted by Gasteiger charge is 2.21. The zero-order chi connectivity index (χ0) is 14.0. The predicted molar refractivity (Wildman–Crippen MR) is 74.0 cm³/mol. The standard InChI is InChI=1S/C12H15ClN4O2/c13-9-4-6(14)3-8(12(15)19)11(9)17-7-1-2-10(18)16-5-7/h3-4,7,17H,1-2,5,14H2,(H2,15,19)(H,16,18). The van der Waals surface area contributed by atoms with Crippen LogP contribution >= 0.6 is 11.6 Å². The first-order valence-corrected chi connectivity index (χ1v) is 6.27. The number of amides is 2. The molecule has 2 amide bonds. The molecule has 0 saturated carbocycles. The SMILES string of the molecule is NC(=O)c1cc(N)cc(Cl)c1NC1CCC(=O)NC1. The molecule has 1 fully saturated rings. The number of nitrogens with one attached hydrogen (secondary N) is 2. The normalized spacial score (nSPS) is 18.8. The summed E-state index contributed by atoms with van der Waals surface area (Å²) in [6, 6.07) is 3.05. The van der Waals surface area contributed by atoms with Crippen molar-refractivity contribution in [2.75, 3.05) is 17.6 Å². The lowest BCUT2D eigenvalue weighted by atomic mass is 10.0. The molecule has 0 radical (unpaired) electrons. The minimum atomic E-state index is -0.600. The lowest BCUT2D eigenvalue weighted by Gasteiger charge is -2.26. The smallest absolute Gasteiger partial charge is 0.250 e. The molecule has 0 aliphatic carbocycles. The summed E-state index contributed by atoms with van der Waals surface area (Å²) >= 11 is 6.09. The van der Waals surface area contributed by atoms with Crippen LogP contribution < -0.4 is 22.1 Å². The number of anilines is 2. The van der Waals surface area contributed by atoms with E-state index in [-0.39, 0.29) is 17.5 Å². The Morgan fingerprint density at radius 2 is 2.21 bits per heavy atom. The van der Waals surface area contributed by atoms with Crippen molar-refractivity contribution in [3.8, 4) is 0 Å². The number of primary amides is 1. The fourth-order valence-electron chi connectivity index (χ4n) is 2.03. The first-order valence-electron chi connectivity index (χ1n) is 5.89. The van der Waals surface area contributed by atoms with Crippen LogP contribution in [0.1, 0.15) is 23.2 Å². The zero-order valence-corrected chi connectivity index (χ0v) is 11.0. The van der Waals surface area contributed by atoms with Crippen LogP contribution in [0.4, 0.5) is 11.4 Å². The fourth-order valence-corrected chi connectivity index (χ4v) is 2.31. The van der Waals surface area contributed by atoms with Gasteiger partial charge in [0.25, 0.3) is 5.91 Å². The van der Waals surface area contributed by atoms with Crippen molar-refractivity contribution in [1.29, 1.82) is 0 Å². The van der Waals surface area contributed by atoms with E-state index in [1.165, 1.54) is 6.07 Å². The van der Waals surface area contributed by atoms with Gasteiger partial charge in [-0.3, -0.25) is 9.59 Å². The van der Waals surface area contributed by atoms with Gasteiger partial charge in [-0.1, -0.05) is 11.6 Å². The minimum absolute atomic E-state index is 0.0110. The Kier molecular flexibility index (Phi) is 3.80. The molecule has 0 bridgehead atoms. The number of rotatable bonds is 3. The number of carbonyl (C=O) groups is 2. The van der Waals surface area contributed by atoms with Crippen molar-refractivity contribution in [1.82, 2.24) is 5.32 Å². The Balaban J connectivity index is 2.24. The molecule has 1 saturated heterocycles. The maximum Gasteiger partial charge on any atom is 0.250 e. The van der Waals surface area contributed by atoms with Crippen molar-refractivity contribution in [3.05, 3.63) is 22.7 Å². The van der Waals surface area contributed by atoms with Gasteiger partial charge in [-0.25, -0.2) is 0 Å². The summed E-state index contributed by atoms with van der Waals surface area (Å²) in [6.45, 7) is 0.484. The summed E-state index contributed by atoms with van der Waals surface area (Å²) in [5.41, 5.74) is 12.0. The molecule has 6 N–H and O–H groups in total. The second-order valence-corrected chi connectivity index (χ2v) is 4.88. The third-order valence-electron chi connectivity index (χ3n) is 2.99. The molecule has 6 nitrogen and oxygen atoms in total. The molecule has 0 spiro atoms. The summed E-state index contributed by atoms with van der Waals surface area (Å²) in [5, 5.41) is 6.23. The molecule has 1 aromatic rings. The highest BCUT2D eigenvalue weighted by Crippen LogP contribution is 2.30. The second-order valence-electron chi connectivity index (χ2n) is 4.47. The molecular weight excluding hydrogens is 268 g/mol. The van der Waals surface area contributed by atoms with Crippen LogP contribution in [0.25, 0.3) is 0 Å². The Morgan fingerprint density at radius 1 is 1.47 bits per heavy atom. The fraction of sp³-hybridized carbons (Fsp3) is 0.333. The number of nitrogen functional groups attached to an aromatic ring is 1. The van der Waals surface area contributed by atoms with Crippen LogP contribution in [0.5, 0.6) is 0 Å². The summed E-state index contributed by atoms with van der Waals surface area (Å²) in [7, 11) is 0. The van der Waals surface area contributed by atoms with E-state index in [0.29, 0.717) is 35.8 Å². The van der Waals surface area contributed by atoms with Gasteiger partial charge in [0.2, 0.25) is 5.91 Å². The molecular formula is C12H15ClN4O2. The molecule has 1 atom stereocenters. The van der Waals surface area contributed by atoms with Crippen molar-refractivity contribution in [2.24, 2.45) is 5.73 Å². The summed E-state index contributed by atoms with van der Waals surface area (Å²) < 4.78 is 0.